The van der Waals surface area contributed by atoms with Crippen molar-refractivity contribution in [1.82, 2.24) is 0 Å². The molecule has 1 heterocycles. The Morgan fingerprint density at radius 2 is 1.87 bits per heavy atom. The highest BCUT2D eigenvalue weighted by atomic mass is 32.1. The molecule has 70 valence electrons. The fourth-order valence-corrected chi connectivity index (χ4v) is 2.51. The minimum atomic E-state index is 0.137. The summed E-state index contributed by atoms with van der Waals surface area (Å²) in [7, 11) is 0. The summed E-state index contributed by atoms with van der Waals surface area (Å²) in [5.41, 5.74) is 0.137. The lowest BCUT2D eigenvalue weighted by atomic mass is 10.1. The minimum absolute atomic E-state index is 0.137. The van der Waals surface area contributed by atoms with Gasteiger partial charge in [0.05, 0.1) is 0 Å². The van der Waals surface area contributed by atoms with Gasteiger partial charge >= 0.3 is 0 Å². The van der Waals surface area contributed by atoms with Crippen LogP contribution in [0.4, 0.5) is 0 Å². The van der Waals surface area contributed by atoms with Gasteiger partial charge in [0.15, 0.2) is 0 Å². The predicted octanol–water partition coefficient (Wildman–Crippen LogP) is 1.51. The number of thiophene rings is 1. The Bertz CT molecular complexity index is 695. The standard InChI is InChI=1S/C12H6N2S/c1-8-12(9(6-13)7-14)10-4-2-3-5-11(10)15-8/h2-5H,1H2. The lowest BCUT2D eigenvalue weighted by Crippen LogP contribution is -2.19. The molecule has 0 fully saturated rings. The van der Waals surface area contributed by atoms with E-state index in [2.05, 4.69) is 6.58 Å². The van der Waals surface area contributed by atoms with Crippen LogP contribution in [0.3, 0.4) is 0 Å². The number of rotatable bonds is 0. The molecule has 15 heavy (non-hydrogen) atoms. The Kier molecular flexibility index (Phi) is 2.25. The van der Waals surface area contributed by atoms with E-state index in [1.54, 1.807) is 0 Å². The molecular weight excluding hydrogens is 204 g/mol. The summed E-state index contributed by atoms with van der Waals surface area (Å²) >= 11 is 1.50. The number of nitriles is 2. The molecule has 0 aliphatic carbocycles. The summed E-state index contributed by atoms with van der Waals surface area (Å²) in [4.78, 5) is 0. The molecule has 0 atom stereocenters. The average Bonchev–Trinajstić information content (AvgIpc) is 2.58. The van der Waals surface area contributed by atoms with Crippen molar-refractivity contribution in [2.75, 3.05) is 0 Å². The van der Waals surface area contributed by atoms with Crippen LogP contribution in [0.1, 0.15) is 0 Å². The second-order valence-electron chi connectivity index (χ2n) is 3.00. The number of fused-ring (bicyclic) bond motifs is 1. The summed E-state index contributed by atoms with van der Waals surface area (Å²) in [6.45, 7) is 3.87. The Balaban J connectivity index is 3.15. The highest BCUT2D eigenvalue weighted by Gasteiger charge is 2.03. The molecule has 0 saturated heterocycles. The smallest absolute Gasteiger partial charge is 0.138 e. The van der Waals surface area contributed by atoms with E-state index in [0.29, 0.717) is 5.22 Å². The largest absolute Gasteiger partial charge is 0.192 e. The Labute approximate surface area is 90.6 Å². The summed E-state index contributed by atoms with van der Waals surface area (Å²) in [6.07, 6.45) is 0. The molecule has 0 aliphatic heterocycles. The second-order valence-corrected chi connectivity index (χ2v) is 4.13. The molecule has 0 aliphatic rings. The van der Waals surface area contributed by atoms with Gasteiger partial charge in [0.25, 0.3) is 0 Å². The lowest BCUT2D eigenvalue weighted by Gasteiger charge is -1.86. The van der Waals surface area contributed by atoms with E-state index in [4.69, 9.17) is 10.5 Å². The SMILES string of the molecule is C=c1sc2ccccc2c1=C(C#N)C#N. The first-order valence-corrected chi connectivity index (χ1v) is 5.10. The van der Waals surface area contributed by atoms with Crippen molar-refractivity contribution >= 4 is 33.6 Å². The number of nitrogens with zero attached hydrogens (tertiary/aromatic N) is 2. The maximum atomic E-state index is 8.85. The number of hydrogen-bond donors (Lipinski definition) is 0. The minimum Gasteiger partial charge on any atom is -0.192 e. The van der Waals surface area contributed by atoms with Crippen molar-refractivity contribution in [2.45, 2.75) is 0 Å². The van der Waals surface area contributed by atoms with E-state index < -0.39 is 0 Å². The van der Waals surface area contributed by atoms with Gasteiger partial charge in [0, 0.05) is 19.8 Å². The van der Waals surface area contributed by atoms with Gasteiger partial charge in [0.2, 0.25) is 0 Å². The van der Waals surface area contributed by atoms with Crippen LogP contribution in [0.15, 0.2) is 24.3 Å². The van der Waals surface area contributed by atoms with Gasteiger partial charge in [-0.1, -0.05) is 24.8 Å². The average molecular weight is 210 g/mol. The van der Waals surface area contributed by atoms with Gasteiger partial charge in [-0.25, -0.2) is 0 Å². The first-order chi connectivity index (χ1) is 7.27. The molecule has 0 amide bonds. The van der Waals surface area contributed by atoms with Gasteiger partial charge in [-0.05, 0) is 6.07 Å². The molecule has 2 nitrogen and oxygen atoms in total. The fourth-order valence-electron chi connectivity index (χ4n) is 1.51. The molecule has 2 aromatic rings. The van der Waals surface area contributed by atoms with Gasteiger partial charge in [-0.15, -0.1) is 11.3 Å². The van der Waals surface area contributed by atoms with E-state index in [1.807, 2.05) is 36.4 Å². The zero-order valence-electron chi connectivity index (χ0n) is 7.82. The molecule has 0 N–H and O–H groups in total. The first-order valence-electron chi connectivity index (χ1n) is 4.29. The molecule has 0 bridgehead atoms. The highest BCUT2D eigenvalue weighted by Crippen LogP contribution is 2.12. The van der Waals surface area contributed by atoms with Gasteiger partial charge in [-0.2, -0.15) is 10.5 Å². The quantitative estimate of drug-likeness (QED) is 0.661. The normalized spacial score (nSPS) is 9.47. The van der Waals surface area contributed by atoms with E-state index in [1.165, 1.54) is 11.3 Å². The second kappa shape index (κ2) is 3.57. The van der Waals surface area contributed by atoms with Gasteiger partial charge in [-0.3, -0.25) is 0 Å². The van der Waals surface area contributed by atoms with Crippen molar-refractivity contribution in [3.05, 3.63) is 34.0 Å². The van der Waals surface area contributed by atoms with E-state index >= 15 is 0 Å². The fraction of sp³-hybridized carbons (Fsp3) is 0. The summed E-state index contributed by atoms with van der Waals surface area (Å²) in [5, 5.41) is 19.3. The predicted molar refractivity (Wildman–Crippen MR) is 61.2 cm³/mol. The van der Waals surface area contributed by atoms with E-state index in [9.17, 15) is 0 Å². The third-order valence-electron chi connectivity index (χ3n) is 2.14. The molecular formula is C12H6N2S. The molecule has 1 aromatic carbocycles. The van der Waals surface area contributed by atoms with Crippen molar-refractivity contribution in [3.8, 4) is 12.1 Å². The van der Waals surface area contributed by atoms with Crippen LogP contribution in [-0.2, 0) is 0 Å². The van der Waals surface area contributed by atoms with Crippen LogP contribution in [-0.4, -0.2) is 0 Å². The van der Waals surface area contributed by atoms with Crippen molar-refractivity contribution in [2.24, 2.45) is 0 Å². The summed E-state index contributed by atoms with van der Waals surface area (Å²) in [6, 6.07) is 11.5. The lowest BCUT2D eigenvalue weighted by molar-refractivity contribution is 1.50. The summed E-state index contributed by atoms with van der Waals surface area (Å²) < 4.78 is 1.83. The first kappa shape index (κ1) is 9.45. The highest BCUT2D eigenvalue weighted by molar-refractivity contribution is 7.17. The van der Waals surface area contributed by atoms with Crippen LogP contribution < -0.4 is 9.75 Å². The molecule has 1 aromatic heterocycles. The number of hydrogen-bond acceptors (Lipinski definition) is 3. The van der Waals surface area contributed by atoms with Crippen LogP contribution in [0.5, 0.6) is 0 Å². The van der Waals surface area contributed by atoms with Crippen LogP contribution in [0.25, 0.3) is 22.2 Å². The van der Waals surface area contributed by atoms with Gasteiger partial charge < -0.3 is 0 Å². The molecule has 2 rings (SSSR count). The van der Waals surface area contributed by atoms with Crippen molar-refractivity contribution in [3.63, 3.8) is 0 Å². The molecule has 0 spiro atoms. The molecule has 0 saturated carbocycles. The zero-order chi connectivity index (χ0) is 10.8. The van der Waals surface area contributed by atoms with Crippen LogP contribution in [0, 0.1) is 22.7 Å². The number of benzene rings is 1. The molecule has 0 radical (unpaired) electrons. The third kappa shape index (κ3) is 1.40. The Morgan fingerprint density at radius 3 is 2.53 bits per heavy atom. The molecule has 0 unspecified atom stereocenters. The Morgan fingerprint density at radius 1 is 1.20 bits per heavy atom. The third-order valence-corrected chi connectivity index (χ3v) is 3.17. The van der Waals surface area contributed by atoms with Crippen LogP contribution in [0.2, 0.25) is 0 Å². The maximum Gasteiger partial charge on any atom is 0.138 e. The van der Waals surface area contributed by atoms with E-state index in [0.717, 1.165) is 14.6 Å². The van der Waals surface area contributed by atoms with Crippen LogP contribution >= 0.6 is 11.3 Å². The maximum absolute atomic E-state index is 8.85. The van der Waals surface area contributed by atoms with Gasteiger partial charge in [0.1, 0.15) is 17.7 Å². The van der Waals surface area contributed by atoms with Crippen molar-refractivity contribution < 1.29 is 0 Å². The van der Waals surface area contributed by atoms with E-state index in [-0.39, 0.29) is 5.57 Å². The Hall–Kier alpha value is -2.10. The topological polar surface area (TPSA) is 47.6 Å². The molecule has 3 heteroatoms. The zero-order valence-corrected chi connectivity index (χ0v) is 8.64. The van der Waals surface area contributed by atoms with Crippen molar-refractivity contribution in [1.29, 1.82) is 10.5 Å². The summed E-state index contributed by atoms with van der Waals surface area (Å²) in [5.74, 6) is 0. The monoisotopic (exact) mass is 210 g/mol.